The Balaban J connectivity index is 1.73. The first-order chi connectivity index (χ1) is 11.6. The van der Waals surface area contributed by atoms with E-state index in [1.807, 2.05) is 0 Å². The summed E-state index contributed by atoms with van der Waals surface area (Å²) in [7, 11) is 1.54. The van der Waals surface area contributed by atoms with Crippen molar-refractivity contribution >= 4 is 17.4 Å². The number of benzene rings is 1. The molecule has 0 bridgehead atoms. The number of nitro groups is 1. The van der Waals surface area contributed by atoms with Gasteiger partial charge in [-0.3, -0.25) is 0 Å². The number of nitrogens with zero attached hydrogens (tertiary/aromatic N) is 5. The lowest BCUT2D eigenvalue weighted by Crippen LogP contribution is -2.03. The number of hydrogen-bond acceptors (Lipinski definition) is 7. The van der Waals surface area contributed by atoms with Crippen LogP contribution in [-0.4, -0.2) is 32.0 Å². The van der Waals surface area contributed by atoms with E-state index < -0.39 is 4.92 Å². The molecule has 3 aromatic rings. The lowest BCUT2D eigenvalue weighted by Gasteiger charge is -2.04. The maximum absolute atomic E-state index is 10.6. The Morgan fingerprint density at radius 1 is 1.42 bits per heavy atom. The largest absolute Gasteiger partial charge is 0.496 e. The molecule has 0 radical (unpaired) electrons. The van der Waals surface area contributed by atoms with Crippen LogP contribution in [0.25, 0.3) is 11.4 Å². The van der Waals surface area contributed by atoms with Gasteiger partial charge in [-0.05, 0) is 23.1 Å². The average molecular weight is 350 g/mol. The number of aromatic nitrogens is 4. The van der Waals surface area contributed by atoms with Crippen molar-refractivity contribution in [1.82, 2.24) is 19.9 Å². The zero-order valence-corrected chi connectivity index (χ0v) is 13.3. The Bertz CT molecular complexity index is 876. The molecule has 3 rings (SSSR count). The van der Waals surface area contributed by atoms with Crippen molar-refractivity contribution in [3.05, 3.63) is 51.5 Å². The van der Waals surface area contributed by atoms with Crippen LogP contribution in [-0.2, 0) is 13.0 Å². The highest BCUT2D eigenvalue weighted by Crippen LogP contribution is 2.30. The average Bonchev–Trinajstić information content (AvgIpc) is 3.22. The first-order valence-electron chi connectivity index (χ1n) is 6.91. The number of ether oxygens (including phenoxy) is 1. The Labute approximate surface area is 141 Å². The van der Waals surface area contributed by atoms with Gasteiger partial charge in [0.1, 0.15) is 5.75 Å². The lowest BCUT2D eigenvalue weighted by molar-refractivity contribution is -0.389. The molecule has 2 heterocycles. The van der Waals surface area contributed by atoms with Gasteiger partial charge in [0.2, 0.25) is 11.7 Å². The third-order valence-corrected chi connectivity index (χ3v) is 3.47. The predicted molar refractivity (Wildman–Crippen MR) is 83.9 cm³/mol. The minimum Gasteiger partial charge on any atom is -0.496 e. The quantitative estimate of drug-likeness (QED) is 0.497. The van der Waals surface area contributed by atoms with Crippen LogP contribution in [0, 0.1) is 10.1 Å². The number of rotatable bonds is 6. The van der Waals surface area contributed by atoms with Gasteiger partial charge in [0.15, 0.2) is 0 Å². The SMILES string of the molecule is COc1ccc(Cl)cc1-c1noc(CCn2ccc([N+](=O)[O-])n2)n1. The van der Waals surface area contributed by atoms with E-state index in [-0.39, 0.29) is 5.82 Å². The Hall–Kier alpha value is -2.94. The summed E-state index contributed by atoms with van der Waals surface area (Å²) in [5, 5.41) is 18.9. The molecule has 0 unspecified atom stereocenters. The smallest absolute Gasteiger partial charge is 0.389 e. The van der Waals surface area contributed by atoms with Crippen LogP contribution < -0.4 is 4.74 Å². The van der Waals surface area contributed by atoms with Crippen molar-refractivity contribution in [3.8, 4) is 17.1 Å². The topological polar surface area (TPSA) is 109 Å². The normalized spacial score (nSPS) is 10.8. The Kier molecular flexibility index (Phi) is 4.43. The van der Waals surface area contributed by atoms with E-state index in [0.717, 1.165) is 0 Å². The molecule has 0 fully saturated rings. The molecule has 0 aliphatic heterocycles. The van der Waals surface area contributed by atoms with Crippen molar-refractivity contribution in [2.24, 2.45) is 0 Å². The van der Waals surface area contributed by atoms with Gasteiger partial charge in [-0.1, -0.05) is 16.8 Å². The van der Waals surface area contributed by atoms with Gasteiger partial charge in [-0.15, -0.1) is 0 Å². The van der Waals surface area contributed by atoms with Crippen molar-refractivity contribution in [3.63, 3.8) is 0 Å². The number of halogens is 1. The molecule has 1 aromatic carbocycles. The summed E-state index contributed by atoms with van der Waals surface area (Å²) < 4.78 is 11.9. The van der Waals surface area contributed by atoms with Crippen LogP contribution in [0.1, 0.15) is 5.89 Å². The van der Waals surface area contributed by atoms with E-state index in [1.54, 1.807) is 25.3 Å². The van der Waals surface area contributed by atoms with E-state index in [9.17, 15) is 10.1 Å². The lowest BCUT2D eigenvalue weighted by atomic mass is 10.2. The van der Waals surface area contributed by atoms with E-state index in [0.29, 0.717) is 41.0 Å². The fourth-order valence-electron chi connectivity index (χ4n) is 2.10. The van der Waals surface area contributed by atoms with E-state index in [2.05, 4.69) is 15.2 Å². The molecule has 9 nitrogen and oxygen atoms in total. The molecule has 0 aliphatic rings. The minimum absolute atomic E-state index is 0.204. The van der Waals surface area contributed by atoms with Crippen LogP contribution in [0.2, 0.25) is 5.02 Å². The first kappa shape index (κ1) is 15.9. The fraction of sp³-hybridized carbons (Fsp3) is 0.214. The fourth-order valence-corrected chi connectivity index (χ4v) is 2.28. The van der Waals surface area contributed by atoms with Crippen molar-refractivity contribution in [2.75, 3.05) is 7.11 Å². The van der Waals surface area contributed by atoms with Gasteiger partial charge >= 0.3 is 5.82 Å². The summed E-state index contributed by atoms with van der Waals surface area (Å²) in [4.78, 5) is 14.3. The van der Waals surface area contributed by atoms with Gasteiger partial charge in [0.05, 0.1) is 36.6 Å². The van der Waals surface area contributed by atoms with Crippen LogP contribution >= 0.6 is 11.6 Å². The van der Waals surface area contributed by atoms with E-state index >= 15 is 0 Å². The van der Waals surface area contributed by atoms with Crippen LogP contribution in [0.5, 0.6) is 5.75 Å². The monoisotopic (exact) mass is 349 g/mol. The summed E-state index contributed by atoms with van der Waals surface area (Å²) in [5.74, 6) is 1.11. The third-order valence-electron chi connectivity index (χ3n) is 3.24. The van der Waals surface area contributed by atoms with Crippen molar-refractivity contribution in [1.29, 1.82) is 0 Å². The second-order valence-electron chi connectivity index (χ2n) is 4.80. The molecular weight excluding hydrogens is 338 g/mol. The summed E-state index contributed by atoms with van der Waals surface area (Å²) in [6, 6.07) is 6.44. The highest BCUT2D eigenvalue weighted by molar-refractivity contribution is 6.30. The molecule has 0 aliphatic carbocycles. The maximum atomic E-state index is 10.6. The Morgan fingerprint density at radius 2 is 2.25 bits per heavy atom. The zero-order valence-electron chi connectivity index (χ0n) is 12.5. The molecule has 0 saturated carbocycles. The summed E-state index contributed by atoms with van der Waals surface area (Å²) in [5.41, 5.74) is 0.620. The summed E-state index contributed by atoms with van der Waals surface area (Å²) in [6.45, 7) is 0.377. The highest BCUT2D eigenvalue weighted by Gasteiger charge is 2.15. The second-order valence-corrected chi connectivity index (χ2v) is 5.24. The molecule has 0 N–H and O–H groups in total. The predicted octanol–water partition coefficient (Wildman–Crippen LogP) is 2.75. The van der Waals surface area contributed by atoms with Crippen LogP contribution in [0.3, 0.4) is 0 Å². The maximum Gasteiger partial charge on any atom is 0.389 e. The minimum atomic E-state index is -0.549. The van der Waals surface area contributed by atoms with Crippen LogP contribution in [0.15, 0.2) is 35.0 Å². The molecular formula is C14H12ClN5O4. The molecule has 24 heavy (non-hydrogen) atoms. The molecule has 0 saturated heterocycles. The molecule has 2 aromatic heterocycles. The third kappa shape index (κ3) is 3.35. The van der Waals surface area contributed by atoms with Crippen molar-refractivity contribution < 1.29 is 14.2 Å². The summed E-state index contributed by atoms with van der Waals surface area (Å²) in [6.07, 6.45) is 1.91. The molecule has 124 valence electrons. The molecule has 0 atom stereocenters. The zero-order chi connectivity index (χ0) is 17.1. The van der Waals surface area contributed by atoms with Crippen LogP contribution in [0.4, 0.5) is 5.82 Å². The highest BCUT2D eigenvalue weighted by atomic mass is 35.5. The van der Waals surface area contributed by atoms with Gasteiger partial charge in [0, 0.05) is 11.4 Å². The Morgan fingerprint density at radius 3 is 2.96 bits per heavy atom. The number of aryl methyl sites for hydroxylation is 2. The standard InChI is InChI=1S/C14H12ClN5O4/c1-23-11-3-2-9(15)8-10(11)14-16-13(24-18-14)5-7-19-6-4-12(17-19)20(21)22/h2-4,6,8H,5,7H2,1H3. The number of hydrogen-bond donors (Lipinski definition) is 0. The van der Waals surface area contributed by atoms with E-state index in [4.69, 9.17) is 20.9 Å². The number of methoxy groups -OCH3 is 1. The van der Waals surface area contributed by atoms with Gasteiger partial charge in [0.25, 0.3) is 0 Å². The van der Waals surface area contributed by atoms with Gasteiger partial charge < -0.3 is 19.4 Å². The molecule has 0 spiro atoms. The molecule has 10 heteroatoms. The summed E-state index contributed by atoms with van der Waals surface area (Å²) >= 11 is 5.99. The molecule has 0 amide bonds. The van der Waals surface area contributed by atoms with Gasteiger partial charge in [-0.25, -0.2) is 0 Å². The second kappa shape index (κ2) is 6.67. The van der Waals surface area contributed by atoms with Gasteiger partial charge in [-0.2, -0.15) is 9.67 Å². The van der Waals surface area contributed by atoms with E-state index in [1.165, 1.54) is 16.9 Å². The van der Waals surface area contributed by atoms with Crippen molar-refractivity contribution in [2.45, 2.75) is 13.0 Å². The first-order valence-corrected chi connectivity index (χ1v) is 7.29.